The van der Waals surface area contributed by atoms with E-state index in [0.717, 1.165) is 0 Å². The van der Waals surface area contributed by atoms with Crippen molar-refractivity contribution in [2.45, 2.75) is 0 Å². The predicted molar refractivity (Wildman–Crippen MR) is 26.5 cm³/mol. The molecule has 0 saturated carbocycles. The van der Waals surface area contributed by atoms with Gasteiger partial charge in [0.05, 0.1) is 0 Å². The van der Waals surface area contributed by atoms with Crippen LogP contribution in [0, 0.1) is 40.4 Å². The number of rotatable bonds is 0. The molecule has 0 nitrogen and oxygen atoms in total. The molecule has 0 aliphatic carbocycles. The van der Waals surface area contributed by atoms with Gasteiger partial charge in [-0.3, -0.25) is 0 Å². The Morgan fingerprint density at radius 3 is 1.25 bits per heavy atom. The van der Waals surface area contributed by atoms with Gasteiger partial charge in [0.2, 0.25) is 0 Å². The van der Waals surface area contributed by atoms with Crippen molar-refractivity contribution in [2.24, 2.45) is 0 Å². The van der Waals surface area contributed by atoms with Crippen LogP contribution in [0.15, 0.2) is 0 Å². The van der Waals surface area contributed by atoms with Crippen LogP contribution in [0.4, 0.5) is 0 Å². The molecule has 22 valence electrons. The third kappa shape index (κ3) is 9.33. The fourth-order valence-electron chi connectivity index (χ4n) is 0. The van der Waals surface area contributed by atoms with E-state index in [4.69, 9.17) is 0 Å². The van der Waals surface area contributed by atoms with Crippen molar-refractivity contribution in [2.75, 3.05) is 0 Å². The standard InChI is InChI=1S/Al.Ca.Sm.Sn.7H/q;+2;;;;;;;;2*-1. The van der Waals surface area contributed by atoms with E-state index < -0.39 is 0 Å². The molecule has 0 saturated heterocycles. The van der Waals surface area contributed by atoms with E-state index in [-0.39, 0.29) is 122 Å². The van der Waals surface area contributed by atoms with Crippen molar-refractivity contribution in [3.63, 3.8) is 0 Å². The van der Waals surface area contributed by atoms with Gasteiger partial charge in [-0.25, -0.2) is 0 Å². The third-order valence-corrected chi connectivity index (χ3v) is 0. The molecule has 0 aliphatic rings. The molecule has 0 unspecified atom stereocenters. The fraction of sp³-hybridized carbons (Fsp3) is 0. The van der Waals surface area contributed by atoms with Gasteiger partial charge in [-0.05, 0) is 0 Å². The van der Waals surface area contributed by atoms with Crippen molar-refractivity contribution < 1.29 is 43.2 Å². The minimum absolute atomic E-state index is 0. The molecular formula is H7AlCaSmSn. The molecule has 0 spiro atoms. The first-order valence-corrected chi connectivity index (χ1v) is 0. The van der Waals surface area contributed by atoms with Crippen molar-refractivity contribution in [3.05, 3.63) is 0 Å². The summed E-state index contributed by atoms with van der Waals surface area (Å²) >= 11 is 0. The average molecular weight is 343 g/mol. The molecule has 0 aromatic carbocycles. The molecule has 0 bridgehead atoms. The molecule has 0 rings (SSSR count). The molecule has 0 fully saturated rings. The monoisotopic (exact) mass is 346 g/mol. The van der Waals surface area contributed by atoms with Crippen LogP contribution in [-0.2, 0) is 0 Å². The van der Waals surface area contributed by atoms with E-state index in [1.807, 2.05) is 0 Å². The first-order valence-electron chi connectivity index (χ1n) is 0. The average Bonchev–Trinajstić information content (AvgIpc) is 0. The summed E-state index contributed by atoms with van der Waals surface area (Å²) in [6.45, 7) is 0. The minimum atomic E-state index is 0. The van der Waals surface area contributed by atoms with Gasteiger partial charge in [-0.1, -0.05) is 0 Å². The normalized spacial score (nSPS) is 0. The molecule has 4 heteroatoms. The van der Waals surface area contributed by atoms with Crippen LogP contribution in [0.5, 0.6) is 0 Å². The predicted octanol–water partition coefficient (Wildman–Crippen LogP) is -2.26. The second-order valence-corrected chi connectivity index (χ2v) is 0. The Hall–Kier alpha value is 3.93. The summed E-state index contributed by atoms with van der Waals surface area (Å²) in [7, 11) is 0. The van der Waals surface area contributed by atoms with Gasteiger partial charge in [0.1, 0.15) is 0 Å². The van der Waals surface area contributed by atoms with E-state index in [2.05, 4.69) is 0 Å². The van der Waals surface area contributed by atoms with Gasteiger partial charge in [-0.2, -0.15) is 0 Å². The molecule has 0 aliphatic heterocycles. The molecule has 0 heterocycles. The van der Waals surface area contributed by atoms with Crippen LogP contribution in [0.1, 0.15) is 2.85 Å². The zero-order chi connectivity index (χ0) is 0. The Morgan fingerprint density at radius 2 is 1.25 bits per heavy atom. The molecule has 2 radical (unpaired) electrons. The summed E-state index contributed by atoms with van der Waals surface area (Å²) in [5, 5.41) is 0. The van der Waals surface area contributed by atoms with Gasteiger partial charge in [0.25, 0.3) is 0 Å². The van der Waals surface area contributed by atoms with E-state index in [1.165, 1.54) is 0 Å². The molecule has 0 N–H and O–H groups in total. The van der Waals surface area contributed by atoms with E-state index in [9.17, 15) is 0 Å². The summed E-state index contributed by atoms with van der Waals surface area (Å²) in [5.74, 6) is 0. The third-order valence-electron chi connectivity index (χ3n) is 0. The van der Waals surface area contributed by atoms with Crippen molar-refractivity contribution in [1.29, 1.82) is 0 Å². The summed E-state index contributed by atoms with van der Waals surface area (Å²) < 4.78 is 0. The van der Waals surface area contributed by atoms with Crippen LogP contribution < -0.4 is 0 Å². The number of hydrogen-bond acceptors (Lipinski definition) is 0. The quantitative estimate of drug-likeness (QED) is 0.436. The SMILES string of the molecule is [AlH3].[Ca+2].[H-].[H-].[Sm].[SnH2]. The van der Waals surface area contributed by atoms with Crippen LogP contribution >= 0.6 is 0 Å². The summed E-state index contributed by atoms with van der Waals surface area (Å²) in [5.41, 5.74) is 0. The van der Waals surface area contributed by atoms with Gasteiger partial charge in [0, 0.05) is 40.4 Å². The van der Waals surface area contributed by atoms with Crippen LogP contribution in [0.2, 0.25) is 0 Å². The molecule has 0 atom stereocenters. The molecule has 0 aromatic heterocycles. The van der Waals surface area contributed by atoms with E-state index >= 15 is 0 Å². The van der Waals surface area contributed by atoms with Gasteiger partial charge < -0.3 is 2.85 Å². The van der Waals surface area contributed by atoms with Crippen LogP contribution in [0.3, 0.4) is 0 Å². The number of hydrogen-bond donors (Lipinski definition) is 0. The molecule has 0 amide bonds. The van der Waals surface area contributed by atoms with Crippen molar-refractivity contribution in [3.8, 4) is 0 Å². The van der Waals surface area contributed by atoms with Gasteiger partial charge in [0.15, 0.2) is 17.4 Å². The van der Waals surface area contributed by atoms with Crippen LogP contribution in [-0.4, -0.2) is 79.0 Å². The Bertz CT molecular complexity index is 13.5. The maximum atomic E-state index is 0. The maximum absolute atomic E-state index is 0. The first-order chi connectivity index (χ1) is 0. The summed E-state index contributed by atoms with van der Waals surface area (Å²) in [4.78, 5) is 0. The Kier molecular flexibility index (Phi) is 97.3. The van der Waals surface area contributed by atoms with Gasteiger partial charge in [-0.15, -0.1) is 0 Å². The second kappa shape index (κ2) is 15.8. The fourth-order valence-corrected chi connectivity index (χ4v) is 0. The zero-order valence-electron chi connectivity index (χ0n) is 3.82. The summed E-state index contributed by atoms with van der Waals surface area (Å²) in [6.07, 6.45) is 0. The van der Waals surface area contributed by atoms with E-state index in [1.54, 1.807) is 0 Å². The summed E-state index contributed by atoms with van der Waals surface area (Å²) in [6, 6.07) is 0. The zero-order valence-corrected chi connectivity index (χ0v) is 10.7. The topological polar surface area (TPSA) is 0 Å². The Labute approximate surface area is 119 Å². The second-order valence-electron chi connectivity index (χ2n) is 0. The first kappa shape index (κ1) is 24.7. The van der Waals surface area contributed by atoms with Crippen molar-refractivity contribution >= 4 is 79.0 Å². The van der Waals surface area contributed by atoms with E-state index in [0.29, 0.717) is 0 Å². The molecular weight excluding hydrogens is 336 g/mol. The van der Waals surface area contributed by atoms with Crippen molar-refractivity contribution in [1.82, 2.24) is 0 Å². The Balaban J connectivity index is 0. The van der Waals surface area contributed by atoms with Crippen LogP contribution in [0.25, 0.3) is 0 Å². The Morgan fingerprint density at radius 1 is 1.25 bits per heavy atom. The van der Waals surface area contributed by atoms with Gasteiger partial charge >= 0.3 is 61.6 Å². The molecule has 0 aromatic rings. The molecule has 4 heavy (non-hydrogen) atoms.